The van der Waals surface area contributed by atoms with Gasteiger partial charge in [0.05, 0.1) is 6.10 Å². The van der Waals surface area contributed by atoms with Crippen molar-refractivity contribution >= 4 is 22.4 Å². The molecule has 0 unspecified atom stereocenters. The Kier molecular flexibility index (Phi) is 6.24. The van der Waals surface area contributed by atoms with Crippen LogP contribution in [-0.4, -0.2) is 17.0 Å². The van der Waals surface area contributed by atoms with Crippen molar-refractivity contribution in [2.24, 2.45) is 0 Å². The summed E-state index contributed by atoms with van der Waals surface area (Å²) >= 11 is 1.42. The minimum atomic E-state index is -0.0435. The fourth-order valence-electron chi connectivity index (χ4n) is 2.92. The van der Waals surface area contributed by atoms with Gasteiger partial charge in [0.2, 0.25) is 5.91 Å². The number of hydrogen-bond donors (Lipinski definition) is 1. The highest BCUT2D eigenvalue weighted by Gasteiger charge is 2.19. The number of carbonyl (C=O) groups is 1. The summed E-state index contributed by atoms with van der Waals surface area (Å²) in [6.07, 6.45) is 2.17. The Morgan fingerprint density at radius 3 is 2.26 bits per heavy atom. The quantitative estimate of drug-likeness (QED) is 0.597. The molecule has 1 heterocycles. The molecule has 3 aromatic rings. The molecule has 0 saturated heterocycles. The van der Waals surface area contributed by atoms with Crippen molar-refractivity contribution in [3.05, 3.63) is 76.8 Å². The maximum Gasteiger partial charge on any atom is 0.227 e. The Morgan fingerprint density at radius 2 is 1.70 bits per heavy atom. The maximum absolute atomic E-state index is 12.6. The number of benzene rings is 2. The topological polar surface area (TPSA) is 51.2 Å². The van der Waals surface area contributed by atoms with Gasteiger partial charge in [0.1, 0.15) is 5.75 Å². The van der Waals surface area contributed by atoms with E-state index in [0.29, 0.717) is 11.6 Å². The molecule has 4 nitrogen and oxygen atoms in total. The first-order valence-electron chi connectivity index (χ1n) is 9.04. The average Bonchev–Trinajstić information content (AvgIpc) is 3.14. The SMILES string of the molecule is Cc1ccc([C@@H](CC(=O)Nc2nccs2)c2ccc(OC(C)C)cc2)cc1. The highest BCUT2D eigenvalue weighted by atomic mass is 32.1. The van der Waals surface area contributed by atoms with Crippen molar-refractivity contribution in [1.82, 2.24) is 4.98 Å². The Balaban J connectivity index is 1.83. The van der Waals surface area contributed by atoms with Crippen LogP contribution in [0.2, 0.25) is 0 Å². The van der Waals surface area contributed by atoms with Gasteiger partial charge in [0.15, 0.2) is 5.13 Å². The molecule has 1 N–H and O–H groups in total. The second-order valence-corrected chi connectivity index (χ2v) is 7.68. The number of rotatable bonds is 7. The normalized spacial score (nSPS) is 12.0. The van der Waals surface area contributed by atoms with Crippen molar-refractivity contribution in [2.75, 3.05) is 5.32 Å². The summed E-state index contributed by atoms with van der Waals surface area (Å²) in [7, 11) is 0. The zero-order valence-electron chi connectivity index (χ0n) is 15.8. The Bertz CT molecular complexity index is 856. The number of ether oxygens (including phenoxy) is 1. The minimum Gasteiger partial charge on any atom is -0.491 e. The van der Waals surface area contributed by atoms with Gasteiger partial charge in [-0.15, -0.1) is 11.3 Å². The predicted octanol–water partition coefficient (Wildman–Crippen LogP) is 5.40. The van der Waals surface area contributed by atoms with E-state index < -0.39 is 0 Å². The molecule has 1 atom stereocenters. The van der Waals surface area contributed by atoms with Gasteiger partial charge in [-0.2, -0.15) is 0 Å². The molecule has 0 bridgehead atoms. The first kappa shape index (κ1) is 19.1. The molecule has 2 aromatic carbocycles. The molecular formula is C22H24N2O2S. The van der Waals surface area contributed by atoms with Gasteiger partial charge >= 0.3 is 0 Å². The van der Waals surface area contributed by atoms with Crippen LogP contribution in [-0.2, 0) is 4.79 Å². The largest absolute Gasteiger partial charge is 0.491 e. The van der Waals surface area contributed by atoms with E-state index in [4.69, 9.17) is 4.74 Å². The number of nitrogens with one attached hydrogen (secondary N) is 1. The van der Waals surface area contributed by atoms with Gasteiger partial charge in [-0.1, -0.05) is 42.0 Å². The molecule has 1 aromatic heterocycles. The lowest BCUT2D eigenvalue weighted by molar-refractivity contribution is -0.116. The van der Waals surface area contributed by atoms with Crippen LogP contribution in [0.25, 0.3) is 0 Å². The highest BCUT2D eigenvalue weighted by molar-refractivity contribution is 7.13. The molecule has 0 aliphatic carbocycles. The summed E-state index contributed by atoms with van der Waals surface area (Å²) < 4.78 is 5.74. The highest BCUT2D eigenvalue weighted by Crippen LogP contribution is 2.30. The van der Waals surface area contributed by atoms with Crippen LogP contribution in [0, 0.1) is 6.92 Å². The molecule has 3 rings (SSSR count). The van der Waals surface area contributed by atoms with Crippen molar-refractivity contribution in [2.45, 2.75) is 39.2 Å². The first-order valence-corrected chi connectivity index (χ1v) is 9.92. The van der Waals surface area contributed by atoms with E-state index in [1.54, 1.807) is 6.20 Å². The van der Waals surface area contributed by atoms with Crippen LogP contribution >= 0.6 is 11.3 Å². The molecule has 0 radical (unpaired) electrons. The second-order valence-electron chi connectivity index (χ2n) is 6.79. The van der Waals surface area contributed by atoms with E-state index in [1.165, 1.54) is 16.9 Å². The number of thiazole rings is 1. The van der Waals surface area contributed by atoms with Crippen molar-refractivity contribution in [1.29, 1.82) is 0 Å². The number of hydrogen-bond acceptors (Lipinski definition) is 4. The van der Waals surface area contributed by atoms with Crippen molar-refractivity contribution in [3.8, 4) is 5.75 Å². The number of carbonyl (C=O) groups excluding carboxylic acids is 1. The van der Waals surface area contributed by atoms with Gasteiger partial charge in [0, 0.05) is 23.9 Å². The second kappa shape index (κ2) is 8.82. The number of aromatic nitrogens is 1. The lowest BCUT2D eigenvalue weighted by Crippen LogP contribution is -2.16. The molecule has 0 spiro atoms. The minimum absolute atomic E-state index is 0.0290. The fraction of sp³-hybridized carbons (Fsp3) is 0.273. The van der Waals surface area contributed by atoms with E-state index in [-0.39, 0.29) is 17.9 Å². The molecule has 0 aliphatic rings. The smallest absolute Gasteiger partial charge is 0.227 e. The molecule has 140 valence electrons. The van der Waals surface area contributed by atoms with Crippen molar-refractivity contribution in [3.63, 3.8) is 0 Å². The predicted molar refractivity (Wildman–Crippen MR) is 111 cm³/mol. The molecule has 27 heavy (non-hydrogen) atoms. The Morgan fingerprint density at radius 1 is 1.07 bits per heavy atom. The van der Waals surface area contributed by atoms with Gasteiger partial charge in [-0.3, -0.25) is 4.79 Å². The van der Waals surface area contributed by atoms with Gasteiger partial charge in [-0.25, -0.2) is 4.98 Å². The number of amides is 1. The van der Waals surface area contributed by atoms with E-state index in [9.17, 15) is 4.79 Å². The summed E-state index contributed by atoms with van der Waals surface area (Å²) in [5.41, 5.74) is 3.40. The zero-order valence-corrected chi connectivity index (χ0v) is 16.6. The third kappa shape index (κ3) is 5.41. The average molecular weight is 381 g/mol. The summed E-state index contributed by atoms with van der Waals surface area (Å²) in [5, 5.41) is 5.36. The number of aryl methyl sites for hydroxylation is 1. The van der Waals surface area contributed by atoms with Crippen LogP contribution in [0.1, 0.15) is 42.9 Å². The summed E-state index contributed by atoms with van der Waals surface area (Å²) in [6, 6.07) is 16.4. The van der Waals surface area contributed by atoms with E-state index in [1.807, 2.05) is 43.5 Å². The van der Waals surface area contributed by atoms with Crippen molar-refractivity contribution < 1.29 is 9.53 Å². The fourth-order valence-corrected chi connectivity index (χ4v) is 3.46. The lowest BCUT2D eigenvalue weighted by atomic mass is 9.88. The van der Waals surface area contributed by atoms with Gasteiger partial charge < -0.3 is 10.1 Å². The Hall–Kier alpha value is -2.66. The summed E-state index contributed by atoms with van der Waals surface area (Å²) in [4.78, 5) is 16.7. The van der Waals surface area contributed by atoms with E-state index in [0.717, 1.165) is 16.9 Å². The van der Waals surface area contributed by atoms with E-state index >= 15 is 0 Å². The number of anilines is 1. The molecule has 0 fully saturated rings. The third-order valence-corrected chi connectivity index (χ3v) is 4.89. The van der Waals surface area contributed by atoms with Gasteiger partial charge in [0.25, 0.3) is 0 Å². The molecule has 1 amide bonds. The molecule has 5 heteroatoms. The monoisotopic (exact) mass is 380 g/mol. The van der Waals surface area contributed by atoms with Crippen LogP contribution in [0.15, 0.2) is 60.1 Å². The summed E-state index contributed by atoms with van der Waals surface area (Å²) in [6.45, 7) is 6.07. The first-order chi connectivity index (χ1) is 13.0. The lowest BCUT2D eigenvalue weighted by Gasteiger charge is -2.19. The van der Waals surface area contributed by atoms with Crippen LogP contribution in [0.5, 0.6) is 5.75 Å². The Labute approximate surface area is 164 Å². The molecule has 0 aliphatic heterocycles. The summed E-state index contributed by atoms with van der Waals surface area (Å²) in [5.74, 6) is 0.764. The number of nitrogens with zero attached hydrogens (tertiary/aromatic N) is 1. The molecular weight excluding hydrogens is 356 g/mol. The van der Waals surface area contributed by atoms with E-state index in [2.05, 4.69) is 41.5 Å². The van der Waals surface area contributed by atoms with Crippen LogP contribution in [0.4, 0.5) is 5.13 Å². The van der Waals surface area contributed by atoms with Gasteiger partial charge in [-0.05, 0) is 44.0 Å². The third-order valence-electron chi connectivity index (χ3n) is 4.20. The van der Waals surface area contributed by atoms with Crippen LogP contribution in [0.3, 0.4) is 0 Å². The zero-order chi connectivity index (χ0) is 19.2. The van der Waals surface area contributed by atoms with Crippen LogP contribution < -0.4 is 10.1 Å². The molecule has 0 saturated carbocycles. The maximum atomic E-state index is 12.6. The standard InChI is InChI=1S/C22H24N2O2S/c1-15(2)26-19-10-8-18(9-11-19)20(17-6-4-16(3)5-7-17)14-21(25)24-22-23-12-13-27-22/h4-13,15,20H,14H2,1-3H3,(H,23,24,25)/t20-/m1/s1.